The first-order valence-electron chi connectivity index (χ1n) is 0. The van der Waals surface area contributed by atoms with Gasteiger partial charge in [0.05, 0.1) is 0 Å². The fourth-order valence-electron chi connectivity index (χ4n) is 0. The number of rotatable bonds is 0. The van der Waals surface area contributed by atoms with Crippen LogP contribution in [0.5, 0.6) is 0 Å². The molecule has 0 saturated carbocycles. The van der Waals surface area contributed by atoms with Gasteiger partial charge in [-0.25, -0.2) is 0 Å². The van der Waals surface area contributed by atoms with Crippen LogP contribution in [0.1, 0.15) is 0 Å². The normalized spacial score (nSPS) is 0. The van der Waals surface area contributed by atoms with E-state index in [1.165, 1.54) is 0 Å². The quantitative estimate of drug-likeness (QED) is 0.331. The molecular weight excluding hydrogens is 437 g/mol. The first kappa shape index (κ1) is 98.2. The largest absolute Gasteiger partial charge is 2.00 e. The van der Waals surface area contributed by atoms with Gasteiger partial charge in [0, 0.05) is 21.1 Å². The molecule has 8 heteroatoms. The van der Waals surface area contributed by atoms with E-state index >= 15 is 0 Å². The summed E-state index contributed by atoms with van der Waals surface area (Å²) in [5.74, 6) is 0. The predicted molar refractivity (Wildman–Crippen MR) is 5.75 cm³/mol. The summed E-state index contributed by atoms with van der Waals surface area (Å²) in [6.45, 7) is 0. The van der Waals surface area contributed by atoms with Gasteiger partial charge in [-0.1, -0.05) is 0 Å². The molecule has 0 aromatic rings. The van der Waals surface area contributed by atoms with Crippen molar-refractivity contribution < 1.29 is 95.5 Å². The van der Waals surface area contributed by atoms with Crippen LogP contribution in [0.4, 0.5) is 0 Å². The van der Waals surface area contributed by atoms with E-state index in [0.29, 0.717) is 0 Å². The van der Waals surface area contributed by atoms with Crippen LogP contribution in [0.3, 0.4) is 0 Å². The monoisotopic (exact) mass is 434 g/mol. The Bertz CT molecular complexity index is 8.49. The molecule has 0 spiro atoms. The standard InChI is InChI=1S/Ca.6ClH.W/h;6*1H;/q+2;;;;;;;/p-6. The van der Waals surface area contributed by atoms with Crippen LogP contribution in [0, 0.1) is 0 Å². The van der Waals surface area contributed by atoms with E-state index in [2.05, 4.69) is 0 Å². The van der Waals surface area contributed by atoms with Gasteiger partial charge in [-0.2, -0.15) is 0 Å². The van der Waals surface area contributed by atoms with E-state index in [4.69, 9.17) is 0 Å². The SMILES string of the molecule is [Ca+2].[Cl-].[Cl-].[Cl-].[Cl-].[Cl-].[Cl-].[W]. The smallest absolute Gasteiger partial charge is 1.00 e. The van der Waals surface area contributed by atoms with Gasteiger partial charge in [-0.3, -0.25) is 0 Å². The minimum Gasteiger partial charge on any atom is -1.00 e. The van der Waals surface area contributed by atoms with Gasteiger partial charge >= 0.3 is 37.7 Å². The third-order valence-electron chi connectivity index (χ3n) is 0. The Kier molecular flexibility index (Phi) is 905. The van der Waals surface area contributed by atoms with Crippen molar-refractivity contribution in [1.29, 1.82) is 0 Å². The maximum Gasteiger partial charge on any atom is 2.00 e. The molecule has 0 N–H and O–H groups in total. The Hall–Kier alpha value is 3.69. The zero-order valence-corrected chi connectivity index (χ0v) is 13.1. The van der Waals surface area contributed by atoms with Crippen molar-refractivity contribution in [2.75, 3.05) is 0 Å². The van der Waals surface area contributed by atoms with Crippen molar-refractivity contribution in [2.45, 2.75) is 0 Å². The fourth-order valence-corrected chi connectivity index (χ4v) is 0. The number of halogens is 6. The van der Waals surface area contributed by atoms with E-state index in [1.807, 2.05) is 0 Å². The Labute approximate surface area is 131 Å². The van der Waals surface area contributed by atoms with Gasteiger partial charge in [0.25, 0.3) is 0 Å². The Morgan fingerprint density at radius 2 is 0.375 bits per heavy atom. The van der Waals surface area contributed by atoms with Crippen molar-refractivity contribution in [1.82, 2.24) is 0 Å². The second kappa shape index (κ2) is 73.8. The van der Waals surface area contributed by atoms with Gasteiger partial charge in [0.1, 0.15) is 0 Å². The second-order valence-electron chi connectivity index (χ2n) is 0. The first-order valence-corrected chi connectivity index (χ1v) is 0. The van der Waals surface area contributed by atoms with Crippen LogP contribution >= 0.6 is 0 Å². The molecule has 0 fully saturated rings. The van der Waals surface area contributed by atoms with Crippen LogP contribution in [-0.4, -0.2) is 37.7 Å². The van der Waals surface area contributed by atoms with Crippen molar-refractivity contribution in [2.24, 2.45) is 0 Å². The van der Waals surface area contributed by atoms with Crippen LogP contribution < -0.4 is 74.4 Å². The molecule has 0 heterocycles. The summed E-state index contributed by atoms with van der Waals surface area (Å²) < 4.78 is 0. The molecule has 0 aromatic heterocycles. The molecule has 0 saturated heterocycles. The van der Waals surface area contributed by atoms with Crippen molar-refractivity contribution >= 4 is 37.7 Å². The van der Waals surface area contributed by atoms with Crippen LogP contribution in [0.25, 0.3) is 0 Å². The predicted octanol–water partition coefficient (Wildman–Crippen LogP) is -18.4. The van der Waals surface area contributed by atoms with Gasteiger partial charge in [0.15, 0.2) is 0 Å². The van der Waals surface area contributed by atoms with Gasteiger partial charge in [0.2, 0.25) is 0 Å². The van der Waals surface area contributed by atoms with Gasteiger partial charge < -0.3 is 74.4 Å². The zero-order valence-electron chi connectivity index (χ0n) is 3.38. The topological polar surface area (TPSA) is 0 Å². The summed E-state index contributed by atoms with van der Waals surface area (Å²) in [6.07, 6.45) is 0. The summed E-state index contributed by atoms with van der Waals surface area (Å²) in [5.41, 5.74) is 0. The average Bonchev–Trinajstić information content (AvgIpc) is 0. The van der Waals surface area contributed by atoms with Crippen LogP contribution in [0.15, 0.2) is 0 Å². The van der Waals surface area contributed by atoms with Gasteiger partial charge in [-0.15, -0.1) is 0 Å². The maximum absolute atomic E-state index is 0. The fraction of sp³-hybridized carbons (Fsp3) is 0. The molecule has 54 valence electrons. The number of hydrogen-bond acceptors (Lipinski definition) is 0. The molecule has 0 nitrogen and oxygen atoms in total. The molecule has 0 bridgehead atoms. The first-order chi connectivity index (χ1) is 0. The van der Waals surface area contributed by atoms with E-state index in [9.17, 15) is 0 Å². The molecule has 0 aliphatic rings. The van der Waals surface area contributed by atoms with Crippen LogP contribution in [-0.2, 0) is 21.1 Å². The summed E-state index contributed by atoms with van der Waals surface area (Å²) in [4.78, 5) is 0. The Morgan fingerprint density at radius 3 is 0.375 bits per heavy atom. The minimum absolute atomic E-state index is 0. The molecular formula is CaCl6W-4. The molecule has 0 rings (SSSR count). The zero-order chi connectivity index (χ0) is 0. The minimum atomic E-state index is 0. The van der Waals surface area contributed by atoms with Crippen molar-refractivity contribution in [3.63, 3.8) is 0 Å². The molecule has 0 atom stereocenters. The van der Waals surface area contributed by atoms with Crippen molar-refractivity contribution in [3.8, 4) is 0 Å². The molecule has 0 unspecified atom stereocenters. The van der Waals surface area contributed by atoms with E-state index < -0.39 is 0 Å². The van der Waals surface area contributed by atoms with E-state index in [1.54, 1.807) is 0 Å². The van der Waals surface area contributed by atoms with Crippen LogP contribution in [0.2, 0.25) is 0 Å². The molecule has 8 heavy (non-hydrogen) atoms. The summed E-state index contributed by atoms with van der Waals surface area (Å²) in [7, 11) is 0. The Morgan fingerprint density at radius 1 is 0.375 bits per heavy atom. The summed E-state index contributed by atoms with van der Waals surface area (Å²) in [5, 5.41) is 0. The van der Waals surface area contributed by atoms with Crippen molar-refractivity contribution in [3.05, 3.63) is 0 Å². The van der Waals surface area contributed by atoms with E-state index in [0.717, 1.165) is 0 Å². The molecule has 0 aliphatic heterocycles. The summed E-state index contributed by atoms with van der Waals surface area (Å²) in [6, 6.07) is 0. The molecule has 0 radical (unpaired) electrons. The molecule has 0 aromatic carbocycles. The second-order valence-corrected chi connectivity index (χ2v) is 0. The Balaban J connectivity index is 0. The average molecular weight is 437 g/mol. The number of hydrogen-bond donors (Lipinski definition) is 0. The summed E-state index contributed by atoms with van der Waals surface area (Å²) >= 11 is 0. The molecule has 0 amide bonds. The maximum atomic E-state index is 0. The third kappa shape index (κ3) is 53.8. The third-order valence-corrected chi connectivity index (χ3v) is 0. The van der Waals surface area contributed by atoms with Gasteiger partial charge in [-0.05, 0) is 0 Å². The van der Waals surface area contributed by atoms with E-state index in [-0.39, 0.29) is 133 Å². The molecule has 0 aliphatic carbocycles.